The van der Waals surface area contributed by atoms with E-state index in [-0.39, 0.29) is 18.6 Å². The maximum atomic E-state index is 13.8. The molecule has 4 fully saturated rings. The van der Waals surface area contributed by atoms with Crippen LogP contribution in [0.15, 0.2) is 72.8 Å². The number of carbonyl (C=O) groups is 2. The molecule has 4 aliphatic rings. The molecule has 0 unspecified atom stereocenters. The minimum absolute atomic E-state index is 0.131. The summed E-state index contributed by atoms with van der Waals surface area (Å²) in [6, 6.07) is 23.0. The molecule has 1 amide bonds. The number of methoxy groups -OCH3 is 1. The molecule has 3 aromatic carbocycles. The highest BCUT2D eigenvalue weighted by Crippen LogP contribution is 2.62. The van der Waals surface area contributed by atoms with Crippen molar-refractivity contribution in [3.05, 3.63) is 95.1 Å². The average molecular weight is 582 g/mol. The predicted octanol–water partition coefficient (Wildman–Crippen LogP) is 8.46. The molecule has 0 radical (unpaired) electrons. The number of hydrogen-bond acceptors (Lipinski definition) is 5. The largest absolute Gasteiger partial charge is 0.496 e. The third-order valence-electron chi connectivity index (χ3n) is 9.46. The van der Waals surface area contributed by atoms with Crippen LogP contribution in [0.1, 0.15) is 86.3 Å². The van der Waals surface area contributed by atoms with E-state index in [0.29, 0.717) is 11.3 Å². The first kappa shape index (κ1) is 29.3. The van der Waals surface area contributed by atoms with Crippen LogP contribution >= 0.6 is 0 Å². The van der Waals surface area contributed by atoms with Gasteiger partial charge in [0.15, 0.2) is 0 Å². The fourth-order valence-electron chi connectivity index (χ4n) is 8.14. The van der Waals surface area contributed by atoms with Crippen LogP contribution in [-0.2, 0) is 28.0 Å². The summed E-state index contributed by atoms with van der Waals surface area (Å²) < 4.78 is 17.5. The predicted molar refractivity (Wildman–Crippen MR) is 167 cm³/mol. The molecule has 0 atom stereocenters. The molecule has 0 heterocycles. The Labute approximate surface area is 255 Å². The zero-order chi connectivity index (χ0) is 30.2. The summed E-state index contributed by atoms with van der Waals surface area (Å²) in [5, 5.41) is 0. The Morgan fingerprint density at radius 1 is 0.837 bits per heavy atom. The molecule has 0 aromatic heterocycles. The van der Waals surface area contributed by atoms with Crippen molar-refractivity contribution in [2.75, 3.05) is 12.0 Å². The number of nitrogens with zero attached hydrogens (tertiary/aromatic N) is 1. The number of rotatable bonds is 8. The average Bonchev–Trinajstić information content (AvgIpc) is 2.97. The quantitative estimate of drug-likeness (QED) is 0.250. The van der Waals surface area contributed by atoms with Crippen molar-refractivity contribution < 1.29 is 23.8 Å². The first-order valence-corrected chi connectivity index (χ1v) is 15.6. The van der Waals surface area contributed by atoms with Crippen LogP contribution < -0.4 is 9.64 Å². The SMILES string of the molecule is COc1ccc(CN(C(=O)OC(C)(C)C)c2ccccc2C(=O)OCc2ccccc2)cc1C12CC3CC(CC(C3)C1)C2. The van der Waals surface area contributed by atoms with Crippen LogP contribution in [0.4, 0.5) is 10.5 Å². The molecule has 4 bridgehead atoms. The van der Waals surface area contributed by atoms with E-state index in [1.54, 1.807) is 30.2 Å². The maximum Gasteiger partial charge on any atom is 0.415 e. The molecule has 0 spiro atoms. The summed E-state index contributed by atoms with van der Waals surface area (Å²) in [7, 11) is 1.75. The number of amides is 1. The van der Waals surface area contributed by atoms with Gasteiger partial charge in [-0.25, -0.2) is 9.59 Å². The molecule has 43 heavy (non-hydrogen) atoms. The number of esters is 1. The number of ether oxygens (including phenoxy) is 3. The molecule has 6 nitrogen and oxygen atoms in total. The van der Waals surface area contributed by atoms with Gasteiger partial charge in [0.2, 0.25) is 0 Å². The molecule has 0 N–H and O–H groups in total. The van der Waals surface area contributed by atoms with Gasteiger partial charge in [-0.05, 0) is 118 Å². The zero-order valence-electron chi connectivity index (χ0n) is 25.8. The molecular weight excluding hydrogens is 538 g/mol. The van der Waals surface area contributed by atoms with Crippen LogP contribution in [0, 0.1) is 17.8 Å². The summed E-state index contributed by atoms with van der Waals surface area (Å²) >= 11 is 0. The van der Waals surface area contributed by atoms with Crippen LogP contribution in [0.2, 0.25) is 0 Å². The van der Waals surface area contributed by atoms with E-state index in [4.69, 9.17) is 14.2 Å². The standard InChI is InChI=1S/C37H43NO5/c1-36(2,3)43-35(40)38(32-13-9-8-12-30(32)34(39)42-24-25-10-6-5-7-11-25)23-26-14-15-33(41-4)31(19-26)37-20-27-16-28(21-37)18-29(17-27)22-37/h5-15,19,27-29H,16-18,20-24H2,1-4H3. The molecule has 0 saturated heterocycles. The van der Waals surface area contributed by atoms with Crippen molar-refractivity contribution in [1.29, 1.82) is 0 Å². The summed E-state index contributed by atoms with van der Waals surface area (Å²) in [6.07, 6.45) is 7.23. The number of para-hydroxylation sites is 1. The van der Waals surface area contributed by atoms with Crippen LogP contribution in [0.3, 0.4) is 0 Å². The Bertz CT molecular complexity index is 1440. The summed E-state index contributed by atoms with van der Waals surface area (Å²) in [6.45, 7) is 5.94. The van der Waals surface area contributed by atoms with E-state index in [2.05, 4.69) is 12.1 Å². The zero-order valence-corrected chi connectivity index (χ0v) is 25.8. The number of benzene rings is 3. The minimum atomic E-state index is -0.706. The van der Waals surface area contributed by atoms with Gasteiger partial charge in [0.05, 0.1) is 24.9 Å². The molecule has 6 heteroatoms. The second-order valence-electron chi connectivity index (χ2n) is 13.9. The van der Waals surface area contributed by atoms with Crippen LogP contribution in [-0.4, -0.2) is 24.8 Å². The first-order chi connectivity index (χ1) is 20.6. The highest BCUT2D eigenvalue weighted by molar-refractivity contribution is 6.00. The van der Waals surface area contributed by atoms with Gasteiger partial charge < -0.3 is 14.2 Å². The van der Waals surface area contributed by atoms with Crippen molar-refractivity contribution >= 4 is 17.7 Å². The molecule has 4 aliphatic carbocycles. The van der Waals surface area contributed by atoms with E-state index >= 15 is 0 Å². The molecule has 3 aromatic rings. The number of carbonyl (C=O) groups excluding carboxylic acids is 2. The Morgan fingerprint density at radius 2 is 1.47 bits per heavy atom. The lowest BCUT2D eigenvalue weighted by atomic mass is 9.48. The fraction of sp³-hybridized carbons (Fsp3) is 0.459. The fourth-order valence-corrected chi connectivity index (χ4v) is 8.14. The minimum Gasteiger partial charge on any atom is -0.496 e. The normalized spacial score (nSPS) is 24.0. The Kier molecular flexibility index (Phi) is 7.97. The Hall–Kier alpha value is -3.80. The summed E-state index contributed by atoms with van der Waals surface area (Å²) in [5.41, 5.74) is 3.35. The third kappa shape index (κ3) is 6.29. The maximum absolute atomic E-state index is 13.8. The number of anilines is 1. The van der Waals surface area contributed by atoms with Gasteiger partial charge in [-0.15, -0.1) is 0 Å². The first-order valence-electron chi connectivity index (χ1n) is 15.6. The highest BCUT2D eigenvalue weighted by Gasteiger charge is 2.52. The smallest absolute Gasteiger partial charge is 0.415 e. The van der Waals surface area contributed by atoms with Crippen molar-refractivity contribution in [2.45, 2.75) is 83.5 Å². The van der Waals surface area contributed by atoms with Crippen LogP contribution in [0.5, 0.6) is 5.75 Å². The lowest BCUT2D eigenvalue weighted by molar-refractivity contribution is -0.00619. The Balaban J connectivity index is 1.33. The van der Waals surface area contributed by atoms with E-state index in [1.807, 2.05) is 63.2 Å². The monoisotopic (exact) mass is 581 g/mol. The van der Waals surface area contributed by atoms with Gasteiger partial charge in [-0.2, -0.15) is 0 Å². The number of hydrogen-bond donors (Lipinski definition) is 0. The van der Waals surface area contributed by atoms with Gasteiger partial charge in [0.25, 0.3) is 0 Å². The third-order valence-corrected chi connectivity index (χ3v) is 9.46. The molecule has 7 rings (SSSR count). The van der Waals surface area contributed by atoms with E-state index in [9.17, 15) is 9.59 Å². The second-order valence-corrected chi connectivity index (χ2v) is 13.9. The summed E-state index contributed by atoms with van der Waals surface area (Å²) in [5.74, 6) is 2.83. The second kappa shape index (κ2) is 11.7. The molecule has 0 aliphatic heterocycles. The van der Waals surface area contributed by atoms with E-state index in [1.165, 1.54) is 44.1 Å². The lowest BCUT2D eigenvalue weighted by Gasteiger charge is -2.57. The van der Waals surface area contributed by atoms with Gasteiger partial charge in [0.1, 0.15) is 18.0 Å². The lowest BCUT2D eigenvalue weighted by Crippen LogP contribution is -2.48. The molecule has 226 valence electrons. The van der Waals surface area contributed by atoms with Crippen molar-refractivity contribution in [3.8, 4) is 5.75 Å². The summed E-state index contributed by atoms with van der Waals surface area (Å²) in [4.78, 5) is 28.7. The molecular formula is C37H43NO5. The molecule has 4 saturated carbocycles. The van der Waals surface area contributed by atoms with Crippen molar-refractivity contribution in [1.82, 2.24) is 0 Å². The van der Waals surface area contributed by atoms with Gasteiger partial charge in [-0.3, -0.25) is 4.90 Å². The van der Waals surface area contributed by atoms with Crippen molar-refractivity contribution in [2.24, 2.45) is 17.8 Å². The Morgan fingerprint density at radius 3 is 2.09 bits per heavy atom. The van der Waals surface area contributed by atoms with Gasteiger partial charge in [0, 0.05) is 5.56 Å². The van der Waals surface area contributed by atoms with Gasteiger partial charge >= 0.3 is 12.1 Å². The van der Waals surface area contributed by atoms with Crippen molar-refractivity contribution in [3.63, 3.8) is 0 Å². The van der Waals surface area contributed by atoms with E-state index < -0.39 is 17.7 Å². The van der Waals surface area contributed by atoms with E-state index in [0.717, 1.165) is 34.6 Å². The van der Waals surface area contributed by atoms with Crippen LogP contribution in [0.25, 0.3) is 0 Å². The van der Waals surface area contributed by atoms with Gasteiger partial charge in [-0.1, -0.05) is 48.5 Å². The topological polar surface area (TPSA) is 65.1 Å². The highest BCUT2D eigenvalue weighted by atomic mass is 16.6.